The van der Waals surface area contributed by atoms with Crippen molar-refractivity contribution in [2.75, 3.05) is 45.2 Å². The van der Waals surface area contributed by atoms with Gasteiger partial charge in [0.2, 0.25) is 0 Å². The predicted molar refractivity (Wildman–Crippen MR) is 132 cm³/mol. The Morgan fingerprint density at radius 2 is 1.33 bits per heavy atom. The van der Waals surface area contributed by atoms with Gasteiger partial charge in [-0.2, -0.15) is 0 Å². The highest BCUT2D eigenvalue weighted by molar-refractivity contribution is 5.96. The molecule has 10 nitrogen and oxygen atoms in total. The number of anilines is 2. The number of esters is 1. The Morgan fingerprint density at radius 1 is 0.667 bits per heavy atom. The van der Waals surface area contributed by atoms with Crippen LogP contribution in [0.5, 0.6) is 23.0 Å². The van der Waals surface area contributed by atoms with Crippen LogP contribution in [-0.2, 0) is 14.3 Å². The van der Waals surface area contributed by atoms with E-state index in [2.05, 4.69) is 10.6 Å². The molecule has 0 aliphatic heterocycles. The van der Waals surface area contributed by atoms with Gasteiger partial charge in [-0.3, -0.25) is 9.59 Å². The molecule has 0 aromatic heterocycles. The van der Waals surface area contributed by atoms with E-state index in [1.165, 1.54) is 38.5 Å². The van der Waals surface area contributed by atoms with Crippen LogP contribution in [0.3, 0.4) is 0 Å². The second-order valence-corrected chi connectivity index (χ2v) is 7.29. The molecule has 0 saturated carbocycles. The molecule has 0 bridgehead atoms. The minimum absolute atomic E-state index is 0.224. The third-order valence-corrected chi connectivity index (χ3v) is 4.82. The Bertz CT molecular complexity index is 1210. The Balaban J connectivity index is 1.44. The maximum absolute atomic E-state index is 12.3. The summed E-state index contributed by atoms with van der Waals surface area (Å²) in [6, 6.07) is 17.8. The number of benzene rings is 3. The number of methoxy groups -OCH3 is 3. The van der Waals surface area contributed by atoms with Crippen molar-refractivity contribution in [3.63, 3.8) is 0 Å². The van der Waals surface area contributed by atoms with Crippen molar-refractivity contribution in [3.8, 4) is 23.0 Å². The molecule has 0 atom stereocenters. The summed E-state index contributed by atoms with van der Waals surface area (Å²) < 4.78 is 26.0. The van der Waals surface area contributed by atoms with Crippen LogP contribution >= 0.6 is 0 Å². The van der Waals surface area contributed by atoms with Crippen LogP contribution < -0.4 is 29.6 Å². The van der Waals surface area contributed by atoms with Crippen LogP contribution in [-0.4, -0.2) is 52.3 Å². The van der Waals surface area contributed by atoms with Crippen LogP contribution in [0.15, 0.2) is 66.7 Å². The van der Waals surface area contributed by atoms with Crippen molar-refractivity contribution < 1.29 is 38.1 Å². The van der Waals surface area contributed by atoms with Gasteiger partial charge in [0.25, 0.3) is 11.8 Å². The fourth-order valence-electron chi connectivity index (χ4n) is 3.06. The topological polar surface area (TPSA) is 121 Å². The van der Waals surface area contributed by atoms with Crippen LogP contribution in [0.25, 0.3) is 0 Å². The zero-order chi connectivity index (χ0) is 25.9. The fraction of sp³-hybridized carbons (Fsp3) is 0.192. The lowest BCUT2D eigenvalue weighted by molar-refractivity contribution is -0.119. The highest BCUT2D eigenvalue weighted by Gasteiger charge is 2.12. The lowest BCUT2D eigenvalue weighted by Crippen LogP contribution is -2.21. The monoisotopic (exact) mass is 494 g/mol. The van der Waals surface area contributed by atoms with Gasteiger partial charge in [-0.25, -0.2) is 4.79 Å². The maximum atomic E-state index is 12.3. The molecule has 0 fully saturated rings. The van der Waals surface area contributed by atoms with E-state index in [0.29, 0.717) is 34.4 Å². The highest BCUT2D eigenvalue weighted by atomic mass is 16.5. The number of hydrogen-bond donors (Lipinski definition) is 2. The molecule has 188 valence electrons. The molecule has 36 heavy (non-hydrogen) atoms. The number of carbonyl (C=O) groups is 3. The molecule has 10 heteroatoms. The third kappa shape index (κ3) is 7.39. The molecular weight excluding hydrogens is 468 g/mol. The summed E-state index contributed by atoms with van der Waals surface area (Å²) in [5, 5.41) is 5.32. The molecule has 2 N–H and O–H groups in total. The lowest BCUT2D eigenvalue weighted by atomic mass is 10.2. The summed E-state index contributed by atoms with van der Waals surface area (Å²) in [5.74, 6) is 0.428. The van der Waals surface area contributed by atoms with Crippen LogP contribution in [0.4, 0.5) is 11.4 Å². The van der Waals surface area contributed by atoms with E-state index < -0.39 is 18.5 Å². The number of rotatable bonds is 11. The average molecular weight is 495 g/mol. The van der Waals surface area contributed by atoms with E-state index in [1.54, 1.807) is 49.6 Å². The molecule has 0 spiro atoms. The number of ether oxygens (including phenoxy) is 5. The van der Waals surface area contributed by atoms with Crippen LogP contribution in [0, 0.1) is 0 Å². The zero-order valence-corrected chi connectivity index (χ0v) is 20.0. The normalized spacial score (nSPS) is 10.1. The van der Waals surface area contributed by atoms with Gasteiger partial charge in [0, 0.05) is 23.5 Å². The van der Waals surface area contributed by atoms with E-state index in [9.17, 15) is 14.4 Å². The van der Waals surface area contributed by atoms with E-state index in [4.69, 9.17) is 23.7 Å². The molecule has 2 amide bonds. The summed E-state index contributed by atoms with van der Waals surface area (Å²) in [5.41, 5.74) is 1.27. The summed E-state index contributed by atoms with van der Waals surface area (Å²) >= 11 is 0. The first-order valence-electron chi connectivity index (χ1n) is 10.8. The Morgan fingerprint density at radius 3 is 2.00 bits per heavy atom. The van der Waals surface area contributed by atoms with Crippen molar-refractivity contribution in [2.24, 2.45) is 0 Å². The van der Waals surface area contributed by atoms with Gasteiger partial charge in [0.05, 0.1) is 26.9 Å². The van der Waals surface area contributed by atoms with Crippen molar-refractivity contribution in [3.05, 3.63) is 72.3 Å². The van der Waals surface area contributed by atoms with Crippen molar-refractivity contribution in [1.82, 2.24) is 0 Å². The lowest BCUT2D eigenvalue weighted by Gasteiger charge is -2.11. The van der Waals surface area contributed by atoms with E-state index >= 15 is 0 Å². The average Bonchev–Trinajstić information content (AvgIpc) is 2.90. The SMILES string of the molecule is COc1cccc(NC(=O)COc2ccc(C(=O)OCC(=O)Nc3ccc(OC)c(OC)c3)cc2)c1. The van der Waals surface area contributed by atoms with Gasteiger partial charge in [0.1, 0.15) is 11.5 Å². The van der Waals surface area contributed by atoms with Gasteiger partial charge in [-0.15, -0.1) is 0 Å². The van der Waals surface area contributed by atoms with Crippen molar-refractivity contribution in [2.45, 2.75) is 0 Å². The minimum Gasteiger partial charge on any atom is -0.497 e. The molecule has 3 aromatic rings. The first kappa shape index (κ1) is 25.9. The summed E-state index contributed by atoms with van der Waals surface area (Å²) in [4.78, 5) is 36.5. The molecule has 0 radical (unpaired) electrons. The summed E-state index contributed by atoms with van der Waals surface area (Å²) in [6.07, 6.45) is 0. The van der Waals surface area contributed by atoms with E-state index in [1.807, 2.05) is 0 Å². The predicted octanol–water partition coefficient (Wildman–Crippen LogP) is 3.53. The Labute approximate surface area is 208 Å². The van der Waals surface area contributed by atoms with E-state index in [-0.39, 0.29) is 18.1 Å². The molecule has 0 heterocycles. The standard InChI is InChI=1S/C26H26N2O8/c1-32-21-6-4-5-18(13-21)27-24(29)15-35-20-10-7-17(8-11-20)26(31)36-16-25(30)28-19-9-12-22(33-2)23(14-19)34-3/h4-14H,15-16H2,1-3H3,(H,27,29)(H,28,30). The van der Waals surface area contributed by atoms with Crippen molar-refractivity contribution in [1.29, 1.82) is 0 Å². The third-order valence-electron chi connectivity index (χ3n) is 4.82. The molecule has 0 unspecified atom stereocenters. The Hall–Kier alpha value is -4.73. The minimum atomic E-state index is -0.681. The number of amides is 2. The largest absolute Gasteiger partial charge is 0.497 e. The van der Waals surface area contributed by atoms with Gasteiger partial charge in [-0.05, 0) is 48.5 Å². The molecule has 3 aromatic carbocycles. The molecule has 0 aliphatic rings. The first-order chi connectivity index (χ1) is 17.4. The van der Waals surface area contributed by atoms with Gasteiger partial charge >= 0.3 is 5.97 Å². The van der Waals surface area contributed by atoms with Gasteiger partial charge < -0.3 is 34.3 Å². The smallest absolute Gasteiger partial charge is 0.338 e. The van der Waals surface area contributed by atoms with Gasteiger partial charge in [-0.1, -0.05) is 6.07 Å². The molecule has 0 saturated heterocycles. The summed E-state index contributed by atoms with van der Waals surface area (Å²) in [7, 11) is 4.53. The second kappa shape index (κ2) is 12.7. The second-order valence-electron chi connectivity index (χ2n) is 7.29. The van der Waals surface area contributed by atoms with Crippen molar-refractivity contribution >= 4 is 29.2 Å². The number of carbonyl (C=O) groups excluding carboxylic acids is 3. The highest BCUT2D eigenvalue weighted by Crippen LogP contribution is 2.29. The van der Waals surface area contributed by atoms with Gasteiger partial charge in [0.15, 0.2) is 24.7 Å². The fourth-order valence-corrected chi connectivity index (χ4v) is 3.06. The number of nitrogens with one attached hydrogen (secondary N) is 2. The summed E-state index contributed by atoms with van der Waals surface area (Å²) in [6.45, 7) is -0.701. The molecular formula is C26H26N2O8. The quantitative estimate of drug-likeness (QED) is 0.389. The van der Waals surface area contributed by atoms with E-state index in [0.717, 1.165) is 0 Å². The Kier molecular flexibility index (Phi) is 9.10. The first-order valence-corrected chi connectivity index (χ1v) is 10.8. The zero-order valence-electron chi connectivity index (χ0n) is 20.0. The maximum Gasteiger partial charge on any atom is 0.338 e. The number of hydrogen-bond acceptors (Lipinski definition) is 8. The molecule has 3 rings (SSSR count). The van der Waals surface area contributed by atoms with Crippen LogP contribution in [0.2, 0.25) is 0 Å². The van der Waals surface area contributed by atoms with Crippen LogP contribution in [0.1, 0.15) is 10.4 Å². The molecule has 0 aliphatic carbocycles.